The van der Waals surface area contributed by atoms with Crippen LogP contribution in [-0.2, 0) is 6.54 Å². The lowest BCUT2D eigenvalue weighted by atomic mass is 9.97. The third-order valence-corrected chi connectivity index (χ3v) is 4.81. The van der Waals surface area contributed by atoms with Gasteiger partial charge in [-0.1, -0.05) is 12.1 Å². The van der Waals surface area contributed by atoms with Crippen molar-refractivity contribution in [3.63, 3.8) is 0 Å². The normalized spacial score (nSPS) is 19.3. The van der Waals surface area contributed by atoms with E-state index in [1.807, 2.05) is 19.2 Å². The molecule has 1 aliphatic rings. The maximum atomic E-state index is 13.1. The van der Waals surface area contributed by atoms with E-state index in [9.17, 15) is 4.39 Å². The SMILES string of the molecule is CCNC(=NCC1CCCN(C(C)C)C1)N(C)Cc1ccc(F)cc1. The van der Waals surface area contributed by atoms with Gasteiger partial charge in [-0.05, 0) is 63.8 Å². The molecular formula is C20H33FN4. The zero-order valence-corrected chi connectivity index (χ0v) is 16.1. The lowest BCUT2D eigenvalue weighted by molar-refractivity contribution is 0.143. The molecule has 1 aliphatic heterocycles. The number of benzene rings is 1. The Morgan fingerprint density at radius 1 is 1.36 bits per heavy atom. The Kier molecular flexibility index (Phi) is 7.69. The van der Waals surface area contributed by atoms with Crippen LogP contribution >= 0.6 is 0 Å². The van der Waals surface area contributed by atoms with Gasteiger partial charge in [-0.15, -0.1) is 0 Å². The second-order valence-electron chi connectivity index (χ2n) is 7.27. The predicted molar refractivity (Wildman–Crippen MR) is 103 cm³/mol. The molecule has 2 rings (SSSR count). The van der Waals surface area contributed by atoms with Crippen LogP contribution in [0.2, 0.25) is 0 Å². The molecule has 1 unspecified atom stereocenters. The number of hydrogen-bond acceptors (Lipinski definition) is 2. The molecule has 1 saturated heterocycles. The van der Waals surface area contributed by atoms with Gasteiger partial charge in [0.05, 0.1) is 0 Å². The maximum Gasteiger partial charge on any atom is 0.193 e. The van der Waals surface area contributed by atoms with Crippen molar-refractivity contribution in [1.82, 2.24) is 15.1 Å². The van der Waals surface area contributed by atoms with Crippen LogP contribution in [-0.4, -0.2) is 55.0 Å². The van der Waals surface area contributed by atoms with Crippen LogP contribution in [0.1, 0.15) is 39.2 Å². The first kappa shape index (κ1) is 19.7. The van der Waals surface area contributed by atoms with Gasteiger partial charge in [-0.25, -0.2) is 4.39 Å². The molecule has 0 radical (unpaired) electrons. The quantitative estimate of drug-likeness (QED) is 0.632. The first-order chi connectivity index (χ1) is 12.0. The fraction of sp³-hybridized carbons (Fsp3) is 0.650. The van der Waals surface area contributed by atoms with Crippen LogP contribution in [0, 0.1) is 11.7 Å². The van der Waals surface area contributed by atoms with Gasteiger partial charge in [0.25, 0.3) is 0 Å². The highest BCUT2D eigenvalue weighted by Gasteiger charge is 2.21. The number of nitrogens with one attached hydrogen (secondary N) is 1. The van der Waals surface area contributed by atoms with E-state index in [4.69, 9.17) is 4.99 Å². The van der Waals surface area contributed by atoms with Gasteiger partial charge < -0.3 is 15.1 Å². The molecule has 1 heterocycles. The summed E-state index contributed by atoms with van der Waals surface area (Å²) in [6.45, 7) is 11.4. The molecule has 0 bridgehead atoms. The van der Waals surface area contributed by atoms with Gasteiger partial charge in [-0.3, -0.25) is 4.99 Å². The van der Waals surface area contributed by atoms with E-state index in [2.05, 4.69) is 35.9 Å². The smallest absolute Gasteiger partial charge is 0.193 e. The van der Waals surface area contributed by atoms with E-state index in [0.717, 1.165) is 37.7 Å². The number of likely N-dealkylation sites (tertiary alicyclic amines) is 1. The maximum absolute atomic E-state index is 13.1. The Labute approximate surface area is 152 Å². The topological polar surface area (TPSA) is 30.9 Å². The van der Waals surface area contributed by atoms with Crippen LogP contribution < -0.4 is 5.32 Å². The van der Waals surface area contributed by atoms with Crippen molar-refractivity contribution in [2.75, 3.05) is 33.2 Å². The highest BCUT2D eigenvalue weighted by Crippen LogP contribution is 2.18. The number of guanidine groups is 1. The molecule has 25 heavy (non-hydrogen) atoms. The largest absolute Gasteiger partial charge is 0.357 e. The molecule has 1 aromatic carbocycles. The van der Waals surface area contributed by atoms with Gasteiger partial charge in [0.15, 0.2) is 5.96 Å². The van der Waals surface area contributed by atoms with Crippen molar-refractivity contribution < 1.29 is 4.39 Å². The third-order valence-electron chi connectivity index (χ3n) is 4.81. The summed E-state index contributed by atoms with van der Waals surface area (Å²) in [5, 5.41) is 3.38. The average molecular weight is 349 g/mol. The molecule has 1 N–H and O–H groups in total. The van der Waals surface area contributed by atoms with E-state index in [1.165, 1.54) is 31.5 Å². The molecule has 0 aromatic heterocycles. The van der Waals surface area contributed by atoms with Crippen LogP contribution in [0.15, 0.2) is 29.3 Å². The van der Waals surface area contributed by atoms with Crippen LogP contribution in [0.3, 0.4) is 0 Å². The Morgan fingerprint density at radius 2 is 2.08 bits per heavy atom. The highest BCUT2D eigenvalue weighted by atomic mass is 19.1. The molecule has 0 spiro atoms. The summed E-state index contributed by atoms with van der Waals surface area (Å²) in [6.07, 6.45) is 2.52. The first-order valence-corrected chi connectivity index (χ1v) is 9.47. The zero-order chi connectivity index (χ0) is 18.2. The number of rotatable bonds is 6. The van der Waals surface area contributed by atoms with E-state index >= 15 is 0 Å². The fourth-order valence-corrected chi connectivity index (χ4v) is 3.34. The van der Waals surface area contributed by atoms with Gasteiger partial charge in [0.1, 0.15) is 5.82 Å². The molecule has 0 aliphatic carbocycles. The predicted octanol–water partition coefficient (Wildman–Crippen LogP) is 3.34. The van der Waals surface area contributed by atoms with Crippen molar-refractivity contribution in [2.24, 2.45) is 10.9 Å². The summed E-state index contributed by atoms with van der Waals surface area (Å²) >= 11 is 0. The summed E-state index contributed by atoms with van der Waals surface area (Å²) < 4.78 is 13.1. The van der Waals surface area contributed by atoms with E-state index in [-0.39, 0.29) is 5.82 Å². The lowest BCUT2D eigenvalue weighted by Gasteiger charge is -2.35. The molecule has 0 saturated carbocycles. The fourth-order valence-electron chi connectivity index (χ4n) is 3.34. The standard InChI is InChI=1S/C20H33FN4/c1-5-22-20(24(4)14-17-8-10-19(21)11-9-17)23-13-18-7-6-12-25(15-18)16(2)3/h8-11,16,18H,5-7,12-15H2,1-4H3,(H,22,23). The molecular weight excluding hydrogens is 315 g/mol. The number of nitrogens with zero attached hydrogens (tertiary/aromatic N) is 3. The second-order valence-corrected chi connectivity index (χ2v) is 7.27. The van der Waals surface area contributed by atoms with Crippen LogP contribution in [0.5, 0.6) is 0 Å². The van der Waals surface area contributed by atoms with Crippen molar-refractivity contribution >= 4 is 5.96 Å². The highest BCUT2D eigenvalue weighted by molar-refractivity contribution is 5.79. The number of aliphatic imine (C=N–C) groups is 1. The van der Waals surface area contributed by atoms with Gasteiger partial charge in [-0.2, -0.15) is 0 Å². The van der Waals surface area contributed by atoms with Crippen molar-refractivity contribution in [2.45, 2.75) is 46.2 Å². The lowest BCUT2D eigenvalue weighted by Crippen LogP contribution is -2.42. The minimum Gasteiger partial charge on any atom is -0.357 e. The summed E-state index contributed by atoms with van der Waals surface area (Å²) in [5.41, 5.74) is 1.08. The Bertz CT molecular complexity index is 541. The molecule has 0 amide bonds. The van der Waals surface area contributed by atoms with Gasteiger partial charge in [0.2, 0.25) is 0 Å². The summed E-state index contributed by atoms with van der Waals surface area (Å²) in [4.78, 5) is 9.54. The number of halogens is 1. The number of hydrogen-bond donors (Lipinski definition) is 1. The monoisotopic (exact) mass is 348 g/mol. The number of piperidine rings is 1. The molecule has 1 atom stereocenters. The van der Waals surface area contributed by atoms with E-state index < -0.39 is 0 Å². The van der Waals surface area contributed by atoms with Crippen molar-refractivity contribution in [3.8, 4) is 0 Å². The molecule has 4 nitrogen and oxygen atoms in total. The van der Waals surface area contributed by atoms with Crippen LogP contribution in [0.4, 0.5) is 4.39 Å². The second kappa shape index (κ2) is 9.76. The minimum absolute atomic E-state index is 0.195. The molecule has 1 aromatic rings. The Morgan fingerprint density at radius 3 is 2.72 bits per heavy atom. The zero-order valence-electron chi connectivity index (χ0n) is 16.1. The van der Waals surface area contributed by atoms with Gasteiger partial charge in [0, 0.05) is 39.3 Å². The minimum atomic E-state index is -0.195. The summed E-state index contributed by atoms with van der Waals surface area (Å²) in [5.74, 6) is 1.36. The van der Waals surface area contributed by atoms with Crippen LogP contribution in [0.25, 0.3) is 0 Å². The van der Waals surface area contributed by atoms with Crippen molar-refractivity contribution in [1.29, 1.82) is 0 Å². The summed E-state index contributed by atoms with van der Waals surface area (Å²) in [7, 11) is 2.03. The van der Waals surface area contributed by atoms with E-state index in [0.29, 0.717) is 12.0 Å². The summed E-state index contributed by atoms with van der Waals surface area (Å²) in [6, 6.07) is 7.29. The molecule has 5 heteroatoms. The Balaban J connectivity index is 1.95. The van der Waals surface area contributed by atoms with E-state index in [1.54, 1.807) is 0 Å². The molecule has 1 fully saturated rings. The average Bonchev–Trinajstić information content (AvgIpc) is 2.60. The third kappa shape index (κ3) is 6.31. The Hall–Kier alpha value is -1.62. The molecule has 140 valence electrons. The van der Waals surface area contributed by atoms with Crippen molar-refractivity contribution in [3.05, 3.63) is 35.6 Å². The first-order valence-electron chi connectivity index (χ1n) is 9.47. The van der Waals surface area contributed by atoms with Gasteiger partial charge >= 0.3 is 0 Å².